The van der Waals surface area contributed by atoms with Crippen LogP contribution in [0.1, 0.15) is 39.5 Å². The zero-order valence-corrected chi connectivity index (χ0v) is 19.4. The molecule has 0 aliphatic heterocycles. The molecule has 4 rings (SSSR count). The molecule has 33 heavy (non-hydrogen) atoms. The van der Waals surface area contributed by atoms with Crippen LogP contribution in [0.25, 0.3) is 0 Å². The summed E-state index contributed by atoms with van der Waals surface area (Å²) in [5, 5.41) is 7.26. The molecule has 0 saturated heterocycles. The molecule has 170 valence electrons. The molecule has 1 amide bonds. The van der Waals surface area contributed by atoms with Crippen molar-refractivity contribution in [1.82, 2.24) is 4.98 Å². The summed E-state index contributed by atoms with van der Waals surface area (Å²) in [4.78, 5) is 18.4. The van der Waals surface area contributed by atoms with Gasteiger partial charge in [0.2, 0.25) is 0 Å². The molecule has 3 heterocycles. The molecule has 0 aliphatic carbocycles. The predicted molar refractivity (Wildman–Crippen MR) is 130 cm³/mol. The Morgan fingerprint density at radius 1 is 1.09 bits per heavy atom. The lowest BCUT2D eigenvalue weighted by Gasteiger charge is -2.23. The van der Waals surface area contributed by atoms with Gasteiger partial charge in [-0.25, -0.2) is 4.98 Å². The van der Waals surface area contributed by atoms with Crippen molar-refractivity contribution in [1.29, 1.82) is 0 Å². The van der Waals surface area contributed by atoms with Gasteiger partial charge in [-0.15, -0.1) is 11.3 Å². The first-order valence-electron chi connectivity index (χ1n) is 10.5. The van der Waals surface area contributed by atoms with Crippen molar-refractivity contribution in [2.75, 3.05) is 24.9 Å². The minimum absolute atomic E-state index is 0.251. The lowest BCUT2D eigenvalue weighted by molar-refractivity contribution is 0.0997. The van der Waals surface area contributed by atoms with E-state index < -0.39 is 0 Å². The fraction of sp³-hybridized carbons (Fsp3) is 0.200. The Bertz CT molecular complexity index is 1210. The van der Waals surface area contributed by atoms with Gasteiger partial charge in [0.15, 0.2) is 17.3 Å². The van der Waals surface area contributed by atoms with Crippen LogP contribution in [0.2, 0.25) is 0 Å². The van der Waals surface area contributed by atoms with Crippen molar-refractivity contribution >= 4 is 28.1 Å². The number of hydrogen-bond donors (Lipinski definition) is 2. The fourth-order valence-corrected chi connectivity index (χ4v) is 4.61. The van der Waals surface area contributed by atoms with Crippen LogP contribution < -0.4 is 20.1 Å². The largest absolute Gasteiger partial charge is 0.493 e. The summed E-state index contributed by atoms with van der Waals surface area (Å²) in [5.74, 6) is 1.87. The van der Waals surface area contributed by atoms with Crippen LogP contribution in [0.5, 0.6) is 11.5 Å². The number of pyridine rings is 1. The number of carbonyl (C=O) groups is 1. The Labute approximate surface area is 196 Å². The number of amides is 1. The van der Waals surface area contributed by atoms with E-state index in [9.17, 15) is 4.79 Å². The molecule has 0 spiro atoms. The lowest BCUT2D eigenvalue weighted by atomic mass is 9.98. The number of aryl methyl sites for hydroxylation is 1. The normalized spacial score (nSPS) is 11.6. The third-order valence-electron chi connectivity index (χ3n) is 5.14. The summed E-state index contributed by atoms with van der Waals surface area (Å²) in [6, 6.07) is 16.5. The second-order valence-electron chi connectivity index (χ2n) is 7.16. The van der Waals surface area contributed by atoms with Gasteiger partial charge in [-0.05, 0) is 42.8 Å². The Morgan fingerprint density at radius 2 is 1.97 bits per heavy atom. The summed E-state index contributed by atoms with van der Waals surface area (Å²) in [6.07, 6.45) is 4.04. The number of rotatable bonds is 9. The van der Waals surface area contributed by atoms with Gasteiger partial charge in [0.1, 0.15) is 10.8 Å². The predicted octanol–water partition coefficient (Wildman–Crippen LogP) is 5.77. The molecule has 0 fully saturated rings. The maximum atomic E-state index is 12.8. The quantitative estimate of drug-likeness (QED) is 0.328. The number of hydrogen-bond acceptors (Lipinski definition) is 7. The van der Waals surface area contributed by atoms with E-state index in [1.54, 1.807) is 32.5 Å². The maximum Gasteiger partial charge on any atom is 0.291 e. The lowest BCUT2D eigenvalue weighted by Crippen LogP contribution is -2.17. The van der Waals surface area contributed by atoms with Crippen molar-refractivity contribution in [3.63, 3.8) is 0 Å². The van der Waals surface area contributed by atoms with Crippen LogP contribution in [-0.4, -0.2) is 25.1 Å². The van der Waals surface area contributed by atoms with E-state index in [0.717, 1.165) is 27.4 Å². The third kappa shape index (κ3) is 4.85. The zero-order valence-electron chi connectivity index (χ0n) is 18.6. The van der Waals surface area contributed by atoms with Crippen molar-refractivity contribution in [2.24, 2.45) is 0 Å². The Hall–Kier alpha value is -3.78. The molecule has 7 nitrogen and oxygen atoms in total. The van der Waals surface area contributed by atoms with Gasteiger partial charge >= 0.3 is 0 Å². The van der Waals surface area contributed by atoms with Gasteiger partial charge < -0.3 is 24.5 Å². The molecule has 0 bridgehead atoms. The summed E-state index contributed by atoms with van der Waals surface area (Å²) in [7, 11) is 3.22. The summed E-state index contributed by atoms with van der Waals surface area (Å²) in [5.41, 5.74) is 1.76. The molecule has 8 heteroatoms. The topological polar surface area (TPSA) is 85.6 Å². The molecule has 2 N–H and O–H groups in total. The molecule has 4 aromatic rings. The third-order valence-corrected chi connectivity index (χ3v) is 6.36. The highest BCUT2D eigenvalue weighted by molar-refractivity contribution is 7.16. The number of para-hydroxylation sites is 1. The number of benzene rings is 1. The SMILES string of the molecule is CCc1cc([C@H](Nc2ccccn2)c2cccc(OC)c2OC)c(NC(=O)c2ccco2)s1. The molecule has 0 saturated carbocycles. The van der Waals surface area contributed by atoms with E-state index in [1.807, 2.05) is 36.4 Å². The molecule has 1 atom stereocenters. The van der Waals surface area contributed by atoms with Gasteiger partial charge in [-0.3, -0.25) is 4.79 Å². The van der Waals surface area contributed by atoms with Crippen LogP contribution >= 0.6 is 11.3 Å². The smallest absolute Gasteiger partial charge is 0.291 e. The second-order valence-corrected chi connectivity index (χ2v) is 8.29. The van der Waals surface area contributed by atoms with Crippen LogP contribution in [0, 0.1) is 0 Å². The molecular weight excluding hydrogens is 438 g/mol. The van der Waals surface area contributed by atoms with Crippen molar-refractivity contribution in [2.45, 2.75) is 19.4 Å². The number of methoxy groups -OCH3 is 2. The maximum absolute atomic E-state index is 12.8. The minimum Gasteiger partial charge on any atom is -0.493 e. The fourth-order valence-electron chi connectivity index (χ4n) is 3.58. The zero-order chi connectivity index (χ0) is 23.2. The van der Waals surface area contributed by atoms with Crippen molar-refractivity contribution in [3.05, 3.63) is 88.8 Å². The van der Waals surface area contributed by atoms with Gasteiger partial charge in [0.05, 0.1) is 26.5 Å². The van der Waals surface area contributed by atoms with E-state index in [2.05, 4.69) is 28.6 Å². The first-order valence-corrected chi connectivity index (χ1v) is 11.3. The molecular formula is C25H25N3O4S. The van der Waals surface area contributed by atoms with Gasteiger partial charge in [-0.2, -0.15) is 0 Å². The number of thiophene rings is 1. The summed E-state index contributed by atoms with van der Waals surface area (Å²) >= 11 is 1.54. The summed E-state index contributed by atoms with van der Waals surface area (Å²) < 4.78 is 16.6. The molecule has 0 radical (unpaired) electrons. The number of nitrogens with one attached hydrogen (secondary N) is 2. The van der Waals surface area contributed by atoms with Crippen LogP contribution in [0.3, 0.4) is 0 Å². The molecule has 0 aliphatic rings. The average molecular weight is 464 g/mol. The minimum atomic E-state index is -0.367. The van der Waals surface area contributed by atoms with Crippen LogP contribution in [0.15, 0.2) is 71.5 Å². The number of nitrogens with zero attached hydrogens (tertiary/aromatic N) is 1. The second kappa shape index (κ2) is 10.2. The highest BCUT2D eigenvalue weighted by Crippen LogP contribution is 2.43. The van der Waals surface area contributed by atoms with E-state index in [0.29, 0.717) is 17.3 Å². The number of carbonyl (C=O) groups excluding carboxylic acids is 1. The molecule has 3 aromatic heterocycles. The van der Waals surface area contributed by atoms with Gasteiger partial charge in [-0.1, -0.05) is 25.1 Å². The molecule has 0 unspecified atom stereocenters. The van der Waals surface area contributed by atoms with Gasteiger partial charge in [0, 0.05) is 22.2 Å². The summed E-state index contributed by atoms with van der Waals surface area (Å²) in [6.45, 7) is 2.08. The number of anilines is 2. The first kappa shape index (κ1) is 22.4. The number of ether oxygens (including phenoxy) is 2. The molecule has 1 aromatic carbocycles. The van der Waals surface area contributed by atoms with Crippen LogP contribution in [0.4, 0.5) is 10.8 Å². The van der Waals surface area contributed by atoms with Crippen LogP contribution in [-0.2, 0) is 6.42 Å². The van der Waals surface area contributed by atoms with Gasteiger partial charge in [0.25, 0.3) is 5.91 Å². The monoisotopic (exact) mass is 463 g/mol. The Morgan fingerprint density at radius 3 is 2.64 bits per heavy atom. The van der Waals surface area contributed by atoms with Crippen molar-refractivity contribution in [3.8, 4) is 11.5 Å². The highest BCUT2D eigenvalue weighted by atomic mass is 32.1. The standard InChI is InChI=1S/C25H25N3O4S/c1-4-16-15-18(25(33-16)28-24(29)20-11-8-14-32-20)22(27-21-12-5-6-13-26-21)17-9-7-10-19(30-2)23(17)31-3/h5-15,22H,4H2,1-3H3,(H,26,27)(H,28,29)/t22-/m1/s1. The van der Waals surface area contributed by atoms with E-state index in [-0.39, 0.29) is 17.7 Å². The van der Waals surface area contributed by atoms with E-state index >= 15 is 0 Å². The van der Waals surface area contributed by atoms with Crippen molar-refractivity contribution < 1.29 is 18.7 Å². The first-order chi connectivity index (χ1) is 16.1. The number of furan rings is 1. The Balaban J connectivity index is 1.83. The van der Waals surface area contributed by atoms with E-state index in [1.165, 1.54) is 17.6 Å². The highest BCUT2D eigenvalue weighted by Gasteiger charge is 2.27. The van der Waals surface area contributed by atoms with E-state index in [4.69, 9.17) is 13.9 Å². The Kier molecular flexibility index (Phi) is 6.95. The average Bonchev–Trinajstić information content (AvgIpc) is 3.53. The number of aromatic nitrogens is 1.